The van der Waals surface area contributed by atoms with Crippen LogP contribution in [0, 0.1) is 0 Å². The first-order valence-corrected chi connectivity index (χ1v) is 13.7. The Kier molecular flexibility index (Phi) is 7.98. The number of anilines is 1. The SMILES string of the molecule is O=C(CCS(=O)(=O)c1ccc(Cl)cc1)N(CCCN1CCOCC1)c1nc2ccccc2s1. The summed E-state index contributed by atoms with van der Waals surface area (Å²) in [5.74, 6) is -0.508. The first-order valence-electron chi connectivity index (χ1n) is 10.9. The fourth-order valence-electron chi connectivity index (χ4n) is 3.70. The van der Waals surface area contributed by atoms with Crippen molar-refractivity contribution in [3.8, 4) is 0 Å². The number of halogens is 1. The van der Waals surface area contributed by atoms with Gasteiger partial charge in [-0.2, -0.15) is 0 Å². The van der Waals surface area contributed by atoms with Crippen LogP contribution < -0.4 is 4.90 Å². The maximum Gasteiger partial charge on any atom is 0.229 e. The van der Waals surface area contributed by atoms with Gasteiger partial charge >= 0.3 is 0 Å². The fourth-order valence-corrected chi connectivity index (χ4v) is 6.06. The third kappa shape index (κ3) is 6.30. The Morgan fingerprint density at radius 1 is 1.12 bits per heavy atom. The number of hydrogen-bond donors (Lipinski definition) is 0. The zero-order valence-electron chi connectivity index (χ0n) is 18.2. The van der Waals surface area contributed by atoms with Gasteiger partial charge in [0.05, 0.1) is 34.1 Å². The van der Waals surface area contributed by atoms with Crippen LogP contribution in [0.3, 0.4) is 0 Å². The number of thiazole rings is 1. The lowest BCUT2D eigenvalue weighted by atomic mass is 10.3. The van der Waals surface area contributed by atoms with Gasteiger partial charge < -0.3 is 4.74 Å². The molecule has 4 rings (SSSR count). The minimum Gasteiger partial charge on any atom is -0.379 e. The number of rotatable bonds is 9. The van der Waals surface area contributed by atoms with Crippen LogP contribution in [0.4, 0.5) is 5.13 Å². The number of morpholine rings is 1. The minimum atomic E-state index is -3.60. The van der Waals surface area contributed by atoms with Gasteiger partial charge in [-0.05, 0) is 42.8 Å². The average molecular weight is 508 g/mol. The highest BCUT2D eigenvalue weighted by atomic mass is 35.5. The summed E-state index contributed by atoms with van der Waals surface area (Å²) in [6.07, 6.45) is 0.657. The second-order valence-electron chi connectivity index (χ2n) is 7.84. The van der Waals surface area contributed by atoms with Crippen molar-refractivity contribution in [3.63, 3.8) is 0 Å². The predicted octanol–water partition coefficient (Wildman–Crippen LogP) is 3.87. The molecule has 10 heteroatoms. The van der Waals surface area contributed by atoms with Gasteiger partial charge in [0.15, 0.2) is 15.0 Å². The first kappa shape index (κ1) is 24.1. The van der Waals surface area contributed by atoms with Crippen LogP contribution in [0.1, 0.15) is 12.8 Å². The Morgan fingerprint density at radius 3 is 2.58 bits per heavy atom. The van der Waals surface area contributed by atoms with Crippen LogP contribution in [-0.4, -0.2) is 69.4 Å². The van der Waals surface area contributed by atoms with Crippen LogP contribution in [0.25, 0.3) is 10.2 Å². The number of sulfone groups is 1. The van der Waals surface area contributed by atoms with Crippen molar-refractivity contribution in [2.45, 2.75) is 17.7 Å². The summed E-state index contributed by atoms with van der Waals surface area (Å²) in [6, 6.07) is 13.7. The van der Waals surface area contributed by atoms with E-state index in [2.05, 4.69) is 9.88 Å². The Bertz CT molecular complexity index is 1160. The number of amides is 1. The lowest BCUT2D eigenvalue weighted by Crippen LogP contribution is -2.39. The molecule has 0 bridgehead atoms. The third-order valence-electron chi connectivity index (χ3n) is 5.53. The molecule has 1 aliphatic rings. The molecule has 0 unspecified atom stereocenters. The van der Waals surface area contributed by atoms with E-state index in [0.717, 1.165) is 49.5 Å². The van der Waals surface area contributed by atoms with E-state index >= 15 is 0 Å². The zero-order chi connectivity index (χ0) is 23.3. The van der Waals surface area contributed by atoms with Crippen molar-refractivity contribution >= 4 is 54.0 Å². The molecule has 1 fully saturated rings. The van der Waals surface area contributed by atoms with Gasteiger partial charge in [-0.3, -0.25) is 14.6 Å². The summed E-state index contributed by atoms with van der Waals surface area (Å²) in [6.45, 7) is 4.55. The number of hydrogen-bond acceptors (Lipinski definition) is 7. The van der Waals surface area contributed by atoms with Crippen LogP contribution in [0.2, 0.25) is 5.02 Å². The molecular weight excluding hydrogens is 482 g/mol. The maximum atomic E-state index is 13.2. The van der Waals surface area contributed by atoms with Gasteiger partial charge in [0.25, 0.3) is 0 Å². The van der Waals surface area contributed by atoms with E-state index in [0.29, 0.717) is 16.7 Å². The van der Waals surface area contributed by atoms with E-state index in [1.54, 1.807) is 4.90 Å². The zero-order valence-corrected chi connectivity index (χ0v) is 20.5. The highest BCUT2D eigenvalue weighted by Crippen LogP contribution is 2.29. The van der Waals surface area contributed by atoms with Gasteiger partial charge in [-0.1, -0.05) is 35.1 Å². The molecule has 2 heterocycles. The topological polar surface area (TPSA) is 79.8 Å². The molecule has 33 heavy (non-hydrogen) atoms. The van der Waals surface area contributed by atoms with Crippen molar-refractivity contribution < 1.29 is 17.9 Å². The molecule has 176 valence electrons. The lowest BCUT2D eigenvalue weighted by Gasteiger charge is -2.27. The lowest BCUT2D eigenvalue weighted by molar-refractivity contribution is -0.118. The van der Waals surface area contributed by atoms with Gasteiger partial charge in [0, 0.05) is 37.6 Å². The van der Waals surface area contributed by atoms with E-state index in [9.17, 15) is 13.2 Å². The first-order chi connectivity index (χ1) is 15.9. The smallest absolute Gasteiger partial charge is 0.229 e. The number of benzene rings is 2. The monoisotopic (exact) mass is 507 g/mol. The van der Waals surface area contributed by atoms with Gasteiger partial charge in [0.2, 0.25) is 5.91 Å². The summed E-state index contributed by atoms with van der Waals surface area (Å²) >= 11 is 7.31. The summed E-state index contributed by atoms with van der Waals surface area (Å²) < 4.78 is 31.8. The number of nitrogens with zero attached hydrogens (tertiary/aromatic N) is 3. The van der Waals surface area contributed by atoms with E-state index in [4.69, 9.17) is 16.3 Å². The molecule has 0 aliphatic carbocycles. The predicted molar refractivity (Wildman–Crippen MR) is 132 cm³/mol. The van der Waals surface area contributed by atoms with Crippen molar-refractivity contribution in [3.05, 3.63) is 53.6 Å². The van der Waals surface area contributed by atoms with Crippen LogP contribution in [-0.2, 0) is 19.4 Å². The van der Waals surface area contributed by atoms with E-state index < -0.39 is 9.84 Å². The van der Waals surface area contributed by atoms with Gasteiger partial charge in [-0.25, -0.2) is 13.4 Å². The second kappa shape index (κ2) is 10.9. The van der Waals surface area contributed by atoms with Crippen molar-refractivity contribution in [2.24, 2.45) is 0 Å². The molecule has 0 saturated carbocycles. The minimum absolute atomic E-state index is 0.113. The van der Waals surface area contributed by atoms with Crippen LogP contribution in [0.15, 0.2) is 53.4 Å². The molecule has 1 aromatic heterocycles. The molecule has 1 saturated heterocycles. The number of aromatic nitrogens is 1. The van der Waals surface area contributed by atoms with Crippen LogP contribution >= 0.6 is 22.9 Å². The Morgan fingerprint density at radius 2 is 1.85 bits per heavy atom. The Balaban J connectivity index is 1.46. The molecule has 0 spiro atoms. The number of para-hydroxylation sites is 1. The summed E-state index contributed by atoms with van der Waals surface area (Å²) in [4.78, 5) is 22.0. The second-order valence-corrected chi connectivity index (χ2v) is 11.4. The normalized spacial score (nSPS) is 15.1. The number of ether oxygens (including phenoxy) is 1. The summed E-state index contributed by atoms with van der Waals surface area (Å²) in [7, 11) is -3.60. The largest absolute Gasteiger partial charge is 0.379 e. The van der Waals surface area contributed by atoms with Gasteiger partial charge in [-0.15, -0.1) is 0 Å². The Labute approximate surface area is 202 Å². The van der Waals surface area contributed by atoms with E-state index in [1.807, 2.05) is 24.3 Å². The average Bonchev–Trinajstić information content (AvgIpc) is 3.25. The standard InChI is InChI=1S/C23H26ClN3O4S2/c24-18-6-8-19(9-7-18)33(29,30)17-10-22(28)27(12-3-11-26-13-15-31-16-14-26)23-25-20-4-1-2-5-21(20)32-23/h1-2,4-9H,3,10-17H2. The van der Waals surface area contributed by atoms with Crippen molar-refractivity contribution in [1.82, 2.24) is 9.88 Å². The van der Waals surface area contributed by atoms with E-state index in [-0.39, 0.29) is 23.0 Å². The molecule has 0 radical (unpaired) electrons. The molecule has 0 N–H and O–H groups in total. The maximum absolute atomic E-state index is 13.2. The molecule has 3 aromatic rings. The Hall–Kier alpha value is -2.04. The number of carbonyl (C=O) groups is 1. The van der Waals surface area contributed by atoms with Crippen molar-refractivity contribution in [1.29, 1.82) is 0 Å². The number of carbonyl (C=O) groups excluding carboxylic acids is 1. The van der Waals surface area contributed by atoms with Crippen LogP contribution in [0.5, 0.6) is 0 Å². The molecule has 0 atom stereocenters. The molecular formula is C23H26ClN3O4S2. The molecule has 1 aliphatic heterocycles. The van der Waals surface area contributed by atoms with E-state index in [1.165, 1.54) is 35.6 Å². The molecule has 1 amide bonds. The summed E-state index contributed by atoms with van der Waals surface area (Å²) in [5, 5.41) is 1.07. The highest BCUT2D eigenvalue weighted by molar-refractivity contribution is 7.91. The van der Waals surface area contributed by atoms with Crippen molar-refractivity contribution in [2.75, 3.05) is 50.0 Å². The third-order valence-corrected chi connectivity index (χ3v) is 8.58. The number of fused-ring (bicyclic) bond motifs is 1. The quantitative estimate of drug-likeness (QED) is 0.437. The molecule has 7 nitrogen and oxygen atoms in total. The fraction of sp³-hybridized carbons (Fsp3) is 0.391. The molecule has 2 aromatic carbocycles. The highest BCUT2D eigenvalue weighted by Gasteiger charge is 2.23. The van der Waals surface area contributed by atoms with Gasteiger partial charge in [0.1, 0.15) is 0 Å². The summed E-state index contributed by atoms with van der Waals surface area (Å²) in [5.41, 5.74) is 0.831.